The number of nitrogens with one attached hydrogen (secondary N) is 1. The largest absolute Gasteiger partial charge is 0.376 e. The van der Waals surface area contributed by atoms with E-state index < -0.39 is 0 Å². The number of hydrogen-bond acceptors (Lipinski definition) is 5. The fourth-order valence-electron chi connectivity index (χ4n) is 1.80. The topological polar surface area (TPSA) is 84.1 Å². The van der Waals surface area contributed by atoms with Gasteiger partial charge in [-0.25, -0.2) is 0 Å². The van der Waals surface area contributed by atoms with E-state index in [1.807, 2.05) is 25.1 Å². The highest BCUT2D eigenvalue weighted by molar-refractivity contribution is 6.05. The van der Waals surface area contributed by atoms with Crippen LogP contribution in [0.3, 0.4) is 0 Å². The second-order valence-electron chi connectivity index (χ2n) is 4.48. The van der Waals surface area contributed by atoms with Crippen molar-refractivity contribution in [1.29, 1.82) is 0 Å². The van der Waals surface area contributed by atoms with E-state index in [9.17, 15) is 4.79 Å². The molecule has 0 saturated carbocycles. The number of anilines is 2. The van der Waals surface area contributed by atoms with Crippen molar-refractivity contribution in [2.45, 2.75) is 6.54 Å². The van der Waals surface area contributed by atoms with Gasteiger partial charge in [0.2, 0.25) is 0 Å². The first-order valence-electron chi connectivity index (χ1n) is 6.19. The third-order valence-corrected chi connectivity index (χ3v) is 2.82. The lowest BCUT2D eigenvalue weighted by Gasteiger charge is -2.17. The van der Waals surface area contributed by atoms with Crippen molar-refractivity contribution >= 4 is 17.3 Å². The summed E-state index contributed by atoms with van der Waals surface area (Å²) in [6, 6.07) is 5.18. The van der Waals surface area contributed by atoms with E-state index in [4.69, 9.17) is 5.73 Å². The molecule has 6 heteroatoms. The molecular weight excluding hydrogens is 254 g/mol. The lowest BCUT2D eigenvalue weighted by Crippen LogP contribution is -2.17. The van der Waals surface area contributed by atoms with Gasteiger partial charge in [-0.15, -0.1) is 0 Å². The number of rotatable bonds is 4. The minimum Gasteiger partial charge on any atom is -0.376 e. The molecule has 0 aliphatic heterocycles. The molecule has 0 aromatic carbocycles. The molecule has 0 aliphatic carbocycles. The van der Waals surface area contributed by atoms with Crippen LogP contribution in [0.15, 0.2) is 36.8 Å². The first-order chi connectivity index (χ1) is 9.61. The van der Waals surface area contributed by atoms with E-state index in [0.717, 1.165) is 5.69 Å². The summed E-state index contributed by atoms with van der Waals surface area (Å²) in [5.41, 5.74) is 8.28. The fourth-order valence-corrected chi connectivity index (χ4v) is 1.80. The van der Waals surface area contributed by atoms with Gasteiger partial charge in [0.05, 0.1) is 23.3 Å². The van der Waals surface area contributed by atoms with Crippen molar-refractivity contribution in [1.82, 2.24) is 9.97 Å². The molecule has 0 fully saturated rings. The van der Waals surface area contributed by atoms with Gasteiger partial charge in [-0.2, -0.15) is 0 Å². The Balaban J connectivity index is 2.23. The SMILES string of the molecule is CN(C)c1ccncc1NC(=O)c1ccnc(CN)c1. The molecule has 3 N–H and O–H groups in total. The van der Waals surface area contributed by atoms with Crippen molar-refractivity contribution in [2.75, 3.05) is 24.3 Å². The molecule has 2 rings (SSSR count). The van der Waals surface area contributed by atoms with Crippen LogP contribution in [0.25, 0.3) is 0 Å². The molecule has 104 valence electrons. The van der Waals surface area contributed by atoms with Gasteiger partial charge in [-0.05, 0) is 18.2 Å². The highest BCUT2D eigenvalue weighted by Gasteiger charge is 2.11. The Hall–Kier alpha value is -2.47. The van der Waals surface area contributed by atoms with Gasteiger partial charge in [0.25, 0.3) is 5.91 Å². The summed E-state index contributed by atoms with van der Waals surface area (Å²) >= 11 is 0. The molecule has 2 heterocycles. The van der Waals surface area contributed by atoms with Gasteiger partial charge < -0.3 is 16.0 Å². The summed E-state index contributed by atoms with van der Waals surface area (Å²) in [4.78, 5) is 22.2. The van der Waals surface area contributed by atoms with E-state index in [2.05, 4.69) is 15.3 Å². The first-order valence-corrected chi connectivity index (χ1v) is 6.19. The zero-order valence-electron chi connectivity index (χ0n) is 11.5. The van der Waals surface area contributed by atoms with Crippen molar-refractivity contribution in [3.05, 3.63) is 48.0 Å². The number of carbonyl (C=O) groups is 1. The van der Waals surface area contributed by atoms with Gasteiger partial charge in [-0.3, -0.25) is 14.8 Å². The molecule has 0 aliphatic rings. The Kier molecular flexibility index (Phi) is 4.27. The fraction of sp³-hybridized carbons (Fsp3) is 0.214. The van der Waals surface area contributed by atoms with Crippen molar-refractivity contribution < 1.29 is 4.79 Å². The molecule has 2 aromatic heterocycles. The minimum atomic E-state index is -0.210. The van der Waals surface area contributed by atoms with Crippen molar-refractivity contribution in [3.8, 4) is 0 Å². The van der Waals surface area contributed by atoms with E-state index in [1.54, 1.807) is 30.7 Å². The third-order valence-electron chi connectivity index (χ3n) is 2.82. The van der Waals surface area contributed by atoms with Crippen molar-refractivity contribution in [2.24, 2.45) is 5.73 Å². The van der Waals surface area contributed by atoms with E-state index in [1.165, 1.54) is 0 Å². The minimum absolute atomic E-state index is 0.210. The number of amides is 1. The van der Waals surface area contributed by atoms with E-state index in [-0.39, 0.29) is 5.91 Å². The maximum atomic E-state index is 12.2. The summed E-state index contributed by atoms with van der Waals surface area (Å²) in [5.74, 6) is -0.210. The summed E-state index contributed by atoms with van der Waals surface area (Å²) in [5, 5.41) is 2.85. The molecule has 0 saturated heterocycles. The molecule has 1 amide bonds. The first kappa shape index (κ1) is 14.0. The van der Waals surface area contributed by atoms with Gasteiger partial charge in [0, 0.05) is 38.6 Å². The van der Waals surface area contributed by atoms with Crippen LogP contribution in [0, 0.1) is 0 Å². The summed E-state index contributed by atoms with van der Waals surface area (Å²) < 4.78 is 0. The number of carbonyl (C=O) groups excluding carboxylic acids is 1. The quantitative estimate of drug-likeness (QED) is 0.874. The van der Waals surface area contributed by atoms with Gasteiger partial charge >= 0.3 is 0 Å². The highest BCUT2D eigenvalue weighted by atomic mass is 16.1. The maximum Gasteiger partial charge on any atom is 0.255 e. The molecule has 20 heavy (non-hydrogen) atoms. The van der Waals surface area contributed by atoms with Crippen LogP contribution < -0.4 is 16.0 Å². The Morgan fingerprint density at radius 2 is 2.15 bits per heavy atom. The molecule has 2 aromatic rings. The number of nitrogens with zero attached hydrogens (tertiary/aromatic N) is 3. The summed E-state index contributed by atoms with van der Waals surface area (Å²) in [6.07, 6.45) is 4.88. The molecule has 0 radical (unpaired) electrons. The Morgan fingerprint density at radius 3 is 2.85 bits per heavy atom. The Morgan fingerprint density at radius 1 is 1.35 bits per heavy atom. The zero-order chi connectivity index (χ0) is 14.5. The Labute approximate surface area is 117 Å². The Bertz CT molecular complexity index is 612. The molecular formula is C14H17N5O. The third kappa shape index (κ3) is 3.10. The lowest BCUT2D eigenvalue weighted by molar-refractivity contribution is 0.102. The molecule has 6 nitrogen and oxygen atoms in total. The molecule has 0 spiro atoms. The van der Waals surface area contributed by atoms with E-state index >= 15 is 0 Å². The maximum absolute atomic E-state index is 12.2. The second-order valence-corrected chi connectivity index (χ2v) is 4.48. The monoisotopic (exact) mass is 271 g/mol. The predicted octanol–water partition coefficient (Wildman–Crippen LogP) is 1.25. The number of pyridine rings is 2. The number of nitrogens with two attached hydrogens (primary N) is 1. The highest BCUT2D eigenvalue weighted by Crippen LogP contribution is 2.22. The average Bonchev–Trinajstić information content (AvgIpc) is 2.47. The standard InChI is InChI=1S/C14H17N5O/c1-19(2)13-4-5-16-9-12(13)18-14(20)10-3-6-17-11(7-10)8-15/h3-7,9H,8,15H2,1-2H3,(H,18,20). The number of hydrogen-bond donors (Lipinski definition) is 2. The zero-order valence-corrected chi connectivity index (χ0v) is 11.5. The van der Waals surface area contributed by atoms with Gasteiger partial charge in [0.15, 0.2) is 0 Å². The van der Waals surface area contributed by atoms with Crippen LogP contribution in [0.2, 0.25) is 0 Å². The second kappa shape index (κ2) is 6.12. The molecule has 0 bridgehead atoms. The molecule has 0 atom stereocenters. The van der Waals surface area contributed by atoms with Gasteiger partial charge in [-0.1, -0.05) is 0 Å². The van der Waals surface area contributed by atoms with Crippen molar-refractivity contribution in [3.63, 3.8) is 0 Å². The van der Waals surface area contributed by atoms with Crippen LogP contribution >= 0.6 is 0 Å². The average molecular weight is 271 g/mol. The summed E-state index contributed by atoms with van der Waals surface area (Å²) in [6.45, 7) is 0.303. The summed E-state index contributed by atoms with van der Waals surface area (Å²) in [7, 11) is 3.81. The van der Waals surface area contributed by atoms with Gasteiger partial charge in [0.1, 0.15) is 0 Å². The normalized spacial score (nSPS) is 10.2. The lowest BCUT2D eigenvalue weighted by atomic mass is 10.2. The van der Waals surface area contributed by atoms with Crippen LogP contribution in [-0.4, -0.2) is 30.0 Å². The van der Waals surface area contributed by atoms with Crippen LogP contribution in [0.5, 0.6) is 0 Å². The predicted molar refractivity (Wildman–Crippen MR) is 78.6 cm³/mol. The van der Waals surface area contributed by atoms with E-state index in [0.29, 0.717) is 23.5 Å². The smallest absolute Gasteiger partial charge is 0.255 e. The van der Waals surface area contributed by atoms with Crippen LogP contribution in [0.4, 0.5) is 11.4 Å². The van der Waals surface area contributed by atoms with Crippen LogP contribution in [0.1, 0.15) is 16.1 Å². The number of aromatic nitrogens is 2. The van der Waals surface area contributed by atoms with Crippen LogP contribution in [-0.2, 0) is 6.54 Å². The molecule has 0 unspecified atom stereocenters.